The van der Waals surface area contributed by atoms with Crippen molar-refractivity contribution in [2.24, 2.45) is 0 Å². The van der Waals surface area contributed by atoms with Crippen LogP contribution in [-0.2, 0) is 0 Å². The van der Waals surface area contributed by atoms with Crippen molar-refractivity contribution >= 4 is 21.8 Å². The number of hydrogen-bond acceptors (Lipinski definition) is 5. The molecule has 3 rings (SSSR count). The Morgan fingerprint density at radius 2 is 1.39 bits per heavy atom. The van der Waals surface area contributed by atoms with Crippen molar-refractivity contribution in [2.45, 2.75) is 0 Å². The normalized spacial score (nSPS) is 11.3. The molecule has 18 heavy (non-hydrogen) atoms. The highest BCUT2D eigenvalue weighted by molar-refractivity contribution is 6.14. The number of rotatable bonds is 0. The van der Waals surface area contributed by atoms with Gasteiger partial charge in [-0.25, -0.2) is 0 Å². The molecule has 0 aliphatic heterocycles. The first-order valence-corrected chi connectivity index (χ1v) is 5.11. The fourth-order valence-corrected chi connectivity index (χ4v) is 2.08. The summed E-state index contributed by atoms with van der Waals surface area (Å²) in [4.78, 5) is 2.66. The standard InChI is InChI=1S/C12H9NO5/c14-5-2-1-4-8-6(15)3-7(16)12(18)10(8)13-9(4)11(5)17/h1-3,13-18H. The molecule has 0 amide bonds. The van der Waals surface area contributed by atoms with E-state index in [1.165, 1.54) is 12.1 Å². The van der Waals surface area contributed by atoms with Crippen LogP contribution in [0.25, 0.3) is 21.8 Å². The monoisotopic (exact) mass is 247 g/mol. The van der Waals surface area contributed by atoms with Gasteiger partial charge in [0.2, 0.25) is 0 Å². The number of hydrogen-bond donors (Lipinski definition) is 6. The number of benzene rings is 2. The molecular weight excluding hydrogens is 238 g/mol. The Bertz CT molecular complexity index is 790. The van der Waals surface area contributed by atoms with Gasteiger partial charge in [0, 0.05) is 11.5 Å². The Hall–Kier alpha value is -2.76. The fraction of sp³-hybridized carbons (Fsp3) is 0. The number of aromatic hydroxyl groups is 5. The fourth-order valence-electron chi connectivity index (χ4n) is 2.08. The van der Waals surface area contributed by atoms with Crippen LogP contribution in [0.5, 0.6) is 28.7 Å². The summed E-state index contributed by atoms with van der Waals surface area (Å²) >= 11 is 0. The molecule has 0 spiro atoms. The van der Waals surface area contributed by atoms with E-state index in [1.54, 1.807) is 0 Å². The Morgan fingerprint density at radius 3 is 2.11 bits per heavy atom. The average molecular weight is 247 g/mol. The lowest BCUT2D eigenvalue weighted by Crippen LogP contribution is -1.74. The van der Waals surface area contributed by atoms with Gasteiger partial charge in [0.1, 0.15) is 5.75 Å². The second kappa shape index (κ2) is 3.13. The first-order valence-electron chi connectivity index (χ1n) is 5.11. The summed E-state index contributed by atoms with van der Waals surface area (Å²) in [6, 6.07) is 3.77. The quantitative estimate of drug-likeness (QED) is 0.268. The smallest absolute Gasteiger partial charge is 0.182 e. The van der Waals surface area contributed by atoms with Gasteiger partial charge in [-0.2, -0.15) is 0 Å². The third kappa shape index (κ3) is 1.11. The van der Waals surface area contributed by atoms with Crippen molar-refractivity contribution in [1.82, 2.24) is 4.98 Å². The van der Waals surface area contributed by atoms with Gasteiger partial charge in [0.25, 0.3) is 0 Å². The summed E-state index contributed by atoms with van der Waals surface area (Å²) < 4.78 is 0. The highest BCUT2D eigenvalue weighted by Crippen LogP contribution is 2.45. The lowest BCUT2D eigenvalue weighted by Gasteiger charge is -2.01. The summed E-state index contributed by atoms with van der Waals surface area (Å²) in [6.07, 6.45) is 0. The highest BCUT2D eigenvalue weighted by atomic mass is 16.3. The summed E-state index contributed by atoms with van der Waals surface area (Å²) in [6.45, 7) is 0. The van der Waals surface area contributed by atoms with Crippen LogP contribution in [-0.4, -0.2) is 30.5 Å². The summed E-state index contributed by atoms with van der Waals surface area (Å²) in [5, 5.41) is 48.7. The van der Waals surface area contributed by atoms with Crippen LogP contribution in [0.15, 0.2) is 18.2 Å². The second-order valence-electron chi connectivity index (χ2n) is 3.99. The lowest BCUT2D eigenvalue weighted by atomic mass is 10.1. The van der Waals surface area contributed by atoms with Gasteiger partial charge in [0.15, 0.2) is 23.0 Å². The van der Waals surface area contributed by atoms with E-state index in [1.807, 2.05) is 0 Å². The topological polar surface area (TPSA) is 117 Å². The molecule has 0 aliphatic rings. The number of nitrogens with one attached hydrogen (secondary N) is 1. The number of aromatic amines is 1. The molecule has 0 bridgehead atoms. The molecule has 6 nitrogen and oxygen atoms in total. The molecule has 6 N–H and O–H groups in total. The zero-order chi connectivity index (χ0) is 13.0. The minimum Gasteiger partial charge on any atom is -0.507 e. The molecule has 3 aromatic rings. The number of phenols is 5. The number of aromatic nitrogens is 1. The molecule has 6 heteroatoms. The van der Waals surface area contributed by atoms with Gasteiger partial charge in [-0.3, -0.25) is 0 Å². The largest absolute Gasteiger partial charge is 0.507 e. The molecule has 0 unspecified atom stereocenters. The summed E-state index contributed by atoms with van der Waals surface area (Å²) in [7, 11) is 0. The van der Waals surface area contributed by atoms with Crippen molar-refractivity contribution in [3.63, 3.8) is 0 Å². The molecule has 2 aromatic carbocycles. The van der Waals surface area contributed by atoms with Crippen molar-refractivity contribution in [1.29, 1.82) is 0 Å². The number of fused-ring (bicyclic) bond motifs is 3. The lowest BCUT2D eigenvalue weighted by molar-refractivity contribution is 0.401. The van der Waals surface area contributed by atoms with Crippen molar-refractivity contribution in [2.75, 3.05) is 0 Å². The van der Waals surface area contributed by atoms with Crippen molar-refractivity contribution < 1.29 is 25.5 Å². The maximum atomic E-state index is 9.79. The maximum absolute atomic E-state index is 9.79. The molecule has 1 heterocycles. The Morgan fingerprint density at radius 1 is 0.722 bits per heavy atom. The van der Waals surface area contributed by atoms with Crippen LogP contribution in [0.4, 0.5) is 0 Å². The van der Waals surface area contributed by atoms with Gasteiger partial charge in [-0.15, -0.1) is 0 Å². The van der Waals surface area contributed by atoms with Crippen LogP contribution in [0.3, 0.4) is 0 Å². The molecule has 0 radical (unpaired) electrons. The maximum Gasteiger partial charge on any atom is 0.182 e. The highest BCUT2D eigenvalue weighted by Gasteiger charge is 2.18. The van der Waals surface area contributed by atoms with E-state index in [2.05, 4.69) is 4.98 Å². The molecule has 92 valence electrons. The van der Waals surface area contributed by atoms with Crippen LogP contribution >= 0.6 is 0 Å². The van der Waals surface area contributed by atoms with E-state index < -0.39 is 11.5 Å². The molecule has 1 aromatic heterocycles. The van der Waals surface area contributed by atoms with E-state index in [4.69, 9.17) is 0 Å². The Kier molecular flexibility index (Phi) is 1.81. The molecule has 0 fully saturated rings. The number of phenolic OH excluding ortho intramolecular Hbond substituents is 5. The molecule has 0 atom stereocenters. The van der Waals surface area contributed by atoms with Crippen molar-refractivity contribution in [3.05, 3.63) is 18.2 Å². The summed E-state index contributed by atoms with van der Waals surface area (Å²) in [5.74, 6) is -1.86. The zero-order valence-corrected chi connectivity index (χ0v) is 8.97. The van der Waals surface area contributed by atoms with Crippen LogP contribution in [0.2, 0.25) is 0 Å². The number of H-pyrrole nitrogens is 1. The predicted octanol–water partition coefficient (Wildman–Crippen LogP) is 1.85. The van der Waals surface area contributed by atoms with E-state index in [-0.39, 0.29) is 33.7 Å². The zero-order valence-electron chi connectivity index (χ0n) is 8.97. The second-order valence-corrected chi connectivity index (χ2v) is 3.99. The van der Waals surface area contributed by atoms with Gasteiger partial charge >= 0.3 is 0 Å². The van der Waals surface area contributed by atoms with Gasteiger partial charge in [-0.1, -0.05) is 0 Å². The molecular formula is C12H9NO5. The van der Waals surface area contributed by atoms with Gasteiger partial charge in [-0.05, 0) is 12.1 Å². The van der Waals surface area contributed by atoms with E-state index in [9.17, 15) is 25.5 Å². The van der Waals surface area contributed by atoms with Crippen LogP contribution in [0.1, 0.15) is 0 Å². The van der Waals surface area contributed by atoms with Crippen LogP contribution in [0, 0.1) is 0 Å². The van der Waals surface area contributed by atoms with Gasteiger partial charge < -0.3 is 30.5 Å². The van der Waals surface area contributed by atoms with Gasteiger partial charge in [0.05, 0.1) is 16.4 Å². The molecule has 0 saturated carbocycles. The minimum atomic E-state index is -0.477. The van der Waals surface area contributed by atoms with E-state index in [0.717, 1.165) is 6.07 Å². The third-order valence-corrected chi connectivity index (χ3v) is 2.93. The minimum absolute atomic E-state index is 0.0865. The predicted molar refractivity (Wildman–Crippen MR) is 64.1 cm³/mol. The Balaban J connectivity index is 2.63. The average Bonchev–Trinajstić information content (AvgIpc) is 2.72. The SMILES string of the molecule is Oc1ccc2c([nH]c3c(O)c(O)cc(O)c32)c1O. The third-order valence-electron chi connectivity index (χ3n) is 2.93. The summed E-state index contributed by atoms with van der Waals surface area (Å²) in [5.41, 5.74) is 0.254. The first-order chi connectivity index (χ1) is 8.50. The van der Waals surface area contributed by atoms with E-state index >= 15 is 0 Å². The van der Waals surface area contributed by atoms with E-state index in [0.29, 0.717) is 5.39 Å². The van der Waals surface area contributed by atoms with Crippen LogP contribution < -0.4 is 0 Å². The molecule has 0 aliphatic carbocycles. The Labute approximate surface area is 100.0 Å². The first kappa shape index (κ1) is 10.4. The molecule has 0 saturated heterocycles. The van der Waals surface area contributed by atoms with Crippen molar-refractivity contribution in [3.8, 4) is 28.7 Å².